The standard InChI is InChI=1S/C12H10N4O3S/c1-5(17)14-11-16-9(10(13)20-11)6-2-3-7-8(4-6)19-12(18)15-7/h2-4H,13H2,1H3,(H,15,18)(H,14,16,17). The lowest BCUT2D eigenvalue weighted by Gasteiger charge is -1.97. The van der Waals surface area contributed by atoms with E-state index in [4.69, 9.17) is 10.2 Å². The van der Waals surface area contributed by atoms with Gasteiger partial charge in [-0.2, -0.15) is 0 Å². The van der Waals surface area contributed by atoms with Gasteiger partial charge in [-0.15, -0.1) is 0 Å². The average Bonchev–Trinajstić information content (AvgIpc) is 2.89. The summed E-state index contributed by atoms with van der Waals surface area (Å²) in [6, 6.07) is 5.17. The third kappa shape index (κ3) is 2.16. The summed E-state index contributed by atoms with van der Waals surface area (Å²) in [6.07, 6.45) is 0. The number of anilines is 2. The first-order valence-corrected chi connectivity index (χ1v) is 6.52. The Bertz CT molecular complexity index is 861. The van der Waals surface area contributed by atoms with Crippen molar-refractivity contribution in [2.75, 3.05) is 11.1 Å². The normalized spacial score (nSPS) is 10.8. The van der Waals surface area contributed by atoms with Crippen molar-refractivity contribution in [1.82, 2.24) is 9.97 Å². The Labute approximate surface area is 116 Å². The highest BCUT2D eigenvalue weighted by atomic mass is 32.1. The molecule has 102 valence electrons. The molecule has 3 rings (SSSR count). The van der Waals surface area contributed by atoms with Crippen molar-refractivity contribution in [2.24, 2.45) is 0 Å². The van der Waals surface area contributed by atoms with Crippen molar-refractivity contribution in [3.8, 4) is 11.3 Å². The molecule has 0 saturated heterocycles. The van der Waals surface area contributed by atoms with Gasteiger partial charge in [0, 0.05) is 12.5 Å². The number of hydrogen-bond acceptors (Lipinski definition) is 6. The first kappa shape index (κ1) is 12.4. The maximum Gasteiger partial charge on any atom is 0.417 e. The van der Waals surface area contributed by atoms with E-state index in [9.17, 15) is 9.59 Å². The number of aromatic nitrogens is 2. The number of H-pyrrole nitrogens is 1. The molecular weight excluding hydrogens is 280 g/mol. The first-order valence-electron chi connectivity index (χ1n) is 5.70. The molecule has 0 aliphatic carbocycles. The van der Waals surface area contributed by atoms with Crippen LogP contribution >= 0.6 is 11.3 Å². The lowest BCUT2D eigenvalue weighted by molar-refractivity contribution is -0.114. The van der Waals surface area contributed by atoms with Gasteiger partial charge in [0.05, 0.1) is 5.52 Å². The summed E-state index contributed by atoms with van der Waals surface area (Å²) in [5.41, 5.74) is 8.20. The number of oxazole rings is 1. The highest BCUT2D eigenvalue weighted by molar-refractivity contribution is 7.20. The second kappa shape index (κ2) is 4.49. The van der Waals surface area contributed by atoms with E-state index in [-0.39, 0.29) is 5.91 Å². The van der Waals surface area contributed by atoms with Crippen molar-refractivity contribution in [2.45, 2.75) is 6.92 Å². The predicted octanol–water partition coefficient (Wildman–Crippen LogP) is 1.79. The van der Waals surface area contributed by atoms with Crippen molar-refractivity contribution in [3.63, 3.8) is 0 Å². The fourth-order valence-corrected chi connectivity index (χ4v) is 2.64. The molecule has 0 atom stereocenters. The molecular formula is C12H10N4O3S. The van der Waals surface area contributed by atoms with E-state index in [1.807, 2.05) is 0 Å². The SMILES string of the molecule is CC(=O)Nc1nc(-c2ccc3[nH]c(=O)oc3c2)c(N)s1. The van der Waals surface area contributed by atoms with Crippen LogP contribution in [0.25, 0.3) is 22.4 Å². The number of nitrogens with one attached hydrogen (secondary N) is 2. The van der Waals surface area contributed by atoms with Crippen molar-refractivity contribution < 1.29 is 9.21 Å². The van der Waals surface area contributed by atoms with E-state index in [0.717, 1.165) is 0 Å². The molecule has 0 fully saturated rings. The predicted molar refractivity (Wildman–Crippen MR) is 76.7 cm³/mol. The molecule has 1 amide bonds. The summed E-state index contributed by atoms with van der Waals surface area (Å²) in [7, 11) is 0. The fourth-order valence-electron chi connectivity index (χ4n) is 1.84. The Morgan fingerprint density at radius 2 is 2.30 bits per heavy atom. The summed E-state index contributed by atoms with van der Waals surface area (Å²) in [5.74, 6) is -0.722. The van der Waals surface area contributed by atoms with Gasteiger partial charge in [-0.25, -0.2) is 9.78 Å². The summed E-state index contributed by atoms with van der Waals surface area (Å²) in [5, 5.41) is 3.49. The lowest BCUT2D eigenvalue weighted by atomic mass is 10.1. The number of thiazole rings is 1. The van der Waals surface area contributed by atoms with Crippen molar-refractivity contribution >= 4 is 38.5 Å². The zero-order chi connectivity index (χ0) is 14.3. The van der Waals surface area contributed by atoms with Crippen molar-refractivity contribution in [1.29, 1.82) is 0 Å². The number of nitrogens with two attached hydrogens (primary N) is 1. The molecule has 0 saturated carbocycles. The molecule has 0 aliphatic rings. The van der Waals surface area contributed by atoms with Gasteiger partial charge < -0.3 is 15.5 Å². The highest BCUT2D eigenvalue weighted by Gasteiger charge is 2.13. The average molecular weight is 290 g/mol. The van der Waals surface area contributed by atoms with Crippen LogP contribution in [0.4, 0.5) is 10.1 Å². The molecule has 1 aromatic carbocycles. The molecule has 0 spiro atoms. The Kier molecular flexibility index (Phi) is 2.79. The van der Waals surface area contributed by atoms with Gasteiger partial charge in [0.2, 0.25) is 5.91 Å². The number of amides is 1. The molecule has 0 bridgehead atoms. The second-order valence-corrected chi connectivity index (χ2v) is 5.17. The van der Waals surface area contributed by atoms with Crippen LogP contribution in [0.2, 0.25) is 0 Å². The van der Waals surface area contributed by atoms with Crippen LogP contribution in [0.3, 0.4) is 0 Å². The fraction of sp³-hybridized carbons (Fsp3) is 0.0833. The molecule has 20 heavy (non-hydrogen) atoms. The van der Waals surface area contributed by atoms with E-state index in [0.29, 0.717) is 32.5 Å². The molecule has 0 aliphatic heterocycles. The Morgan fingerprint density at radius 3 is 3.05 bits per heavy atom. The Hall–Kier alpha value is -2.61. The van der Waals surface area contributed by atoms with Crippen LogP contribution in [0.15, 0.2) is 27.4 Å². The molecule has 8 heteroatoms. The van der Waals surface area contributed by atoms with Gasteiger partial charge in [-0.05, 0) is 12.1 Å². The minimum Gasteiger partial charge on any atom is -0.408 e. The monoisotopic (exact) mass is 290 g/mol. The number of aromatic amines is 1. The molecule has 0 unspecified atom stereocenters. The summed E-state index contributed by atoms with van der Waals surface area (Å²) < 4.78 is 5.00. The molecule has 4 N–H and O–H groups in total. The zero-order valence-electron chi connectivity index (χ0n) is 10.4. The van der Waals surface area contributed by atoms with E-state index in [2.05, 4.69) is 15.3 Å². The first-order chi connectivity index (χ1) is 9.52. The number of fused-ring (bicyclic) bond motifs is 1. The molecule has 0 radical (unpaired) electrons. The number of nitrogen functional groups attached to an aromatic ring is 1. The van der Waals surface area contributed by atoms with E-state index >= 15 is 0 Å². The van der Waals surface area contributed by atoms with Crippen molar-refractivity contribution in [3.05, 3.63) is 28.7 Å². The van der Waals surface area contributed by atoms with Crippen LogP contribution in [0.1, 0.15) is 6.92 Å². The summed E-state index contributed by atoms with van der Waals surface area (Å²) in [4.78, 5) is 28.9. The van der Waals surface area contributed by atoms with Crippen LogP contribution in [0, 0.1) is 0 Å². The molecule has 2 heterocycles. The largest absolute Gasteiger partial charge is 0.417 e. The van der Waals surface area contributed by atoms with Gasteiger partial charge in [0.25, 0.3) is 0 Å². The number of hydrogen-bond donors (Lipinski definition) is 3. The maximum atomic E-state index is 11.1. The number of benzene rings is 1. The molecule has 3 aromatic rings. The van der Waals surface area contributed by atoms with E-state index in [1.165, 1.54) is 18.3 Å². The third-order valence-electron chi connectivity index (χ3n) is 2.63. The van der Waals surface area contributed by atoms with Crippen LogP contribution in [-0.4, -0.2) is 15.9 Å². The minimum atomic E-state index is -0.512. The molecule has 7 nitrogen and oxygen atoms in total. The van der Waals surface area contributed by atoms with Crippen LogP contribution in [-0.2, 0) is 4.79 Å². The van der Waals surface area contributed by atoms with Crippen LogP contribution < -0.4 is 16.8 Å². The van der Waals surface area contributed by atoms with E-state index in [1.54, 1.807) is 18.2 Å². The quantitative estimate of drug-likeness (QED) is 0.665. The smallest absolute Gasteiger partial charge is 0.408 e. The number of rotatable bonds is 2. The second-order valence-electron chi connectivity index (χ2n) is 4.14. The van der Waals surface area contributed by atoms with Crippen LogP contribution in [0.5, 0.6) is 0 Å². The maximum absolute atomic E-state index is 11.1. The van der Waals surface area contributed by atoms with E-state index < -0.39 is 5.76 Å². The number of carbonyl (C=O) groups is 1. The lowest BCUT2D eigenvalue weighted by Crippen LogP contribution is -2.04. The molecule has 2 aromatic heterocycles. The summed E-state index contributed by atoms with van der Waals surface area (Å²) >= 11 is 1.18. The zero-order valence-corrected chi connectivity index (χ0v) is 11.2. The topological polar surface area (TPSA) is 114 Å². The third-order valence-corrected chi connectivity index (χ3v) is 3.43. The summed E-state index contributed by atoms with van der Waals surface area (Å²) in [6.45, 7) is 1.40. The van der Waals surface area contributed by atoms with Gasteiger partial charge in [0.15, 0.2) is 10.7 Å². The van der Waals surface area contributed by atoms with Gasteiger partial charge in [0.1, 0.15) is 10.7 Å². The minimum absolute atomic E-state index is 0.211. The van der Waals surface area contributed by atoms with Gasteiger partial charge in [-0.1, -0.05) is 17.4 Å². The highest BCUT2D eigenvalue weighted by Crippen LogP contribution is 2.34. The Balaban J connectivity index is 2.07. The van der Waals surface area contributed by atoms with Gasteiger partial charge >= 0.3 is 5.76 Å². The van der Waals surface area contributed by atoms with Gasteiger partial charge in [-0.3, -0.25) is 9.78 Å². The number of nitrogens with zero attached hydrogens (tertiary/aromatic N) is 1. The Morgan fingerprint density at radius 1 is 1.50 bits per heavy atom. The number of carbonyl (C=O) groups excluding carboxylic acids is 1.